The van der Waals surface area contributed by atoms with Crippen LogP contribution in [0.25, 0.3) is 0 Å². The number of hydrogen-bond donors (Lipinski definition) is 2. The molecule has 2 N–H and O–H groups in total. The summed E-state index contributed by atoms with van der Waals surface area (Å²) in [5.74, 6) is 0.379. The van der Waals surface area contributed by atoms with Gasteiger partial charge in [-0.2, -0.15) is 0 Å². The molecule has 1 unspecified atom stereocenters. The van der Waals surface area contributed by atoms with Crippen molar-refractivity contribution in [3.8, 4) is 5.75 Å². The van der Waals surface area contributed by atoms with Crippen molar-refractivity contribution < 1.29 is 15.0 Å². The molecule has 1 atom stereocenters. The lowest BCUT2D eigenvalue weighted by Gasteiger charge is -2.36. The molecule has 1 aromatic rings. The molecule has 1 aromatic carbocycles. The van der Waals surface area contributed by atoms with Crippen LogP contribution in [0.15, 0.2) is 24.3 Å². The molecule has 1 saturated heterocycles. The number of piperazine rings is 1. The number of phenolic OH excluding ortho intramolecular Hbond substituents is 1. The first kappa shape index (κ1) is 14.7. The quantitative estimate of drug-likeness (QED) is 0.868. The largest absolute Gasteiger partial charge is 0.506 e. The summed E-state index contributed by atoms with van der Waals surface area (Å²) >= 11 is 0. The van der Waals surface area contributed by atoms with E-state index in [1.165, 1.54) is 0 Å². The zero-order valence-corrected chi connectivity index (χ0v) is 11.8. The number of para-hydroxylation sites is 2. The molecule has 1 aliphatic rings. The number of carbonyl (C=O) groups excluding carboxylic acids is 1. The van der Waals surface area contributed by atoms with Crippen LogP contribution in [0.1, 0.15) is 19.8 Å². The summed E-state index contributed by atoms with van der Waals surface area (Å²) in [4.78, 5) is 15.9. The number of hydrogen-bond acceptors (Lipinski definition) is 4. The van der Waals surface area contributed by atoms with Gasteiger partial charge < -0.3 is 20.0 Å². The van der Waals surface area contributed by atoms with Crippen molar-refractivity contribution in [1.29, 1.82) is 0 Å². The molecule has 110 valence electrons. The van der Waals surface area contributed by atoms with Gasteiger partial charge in [0.15, 0.2) is 0 Å². The summed E-state index contributed by atoms with van der Waals surface area (Å²) in [7, 11) is 0. The summed E-state index contributed by atoms with van der Waals surface area (Å²) in [5, 5.41) is 19.0. The highest BCUT2D eigenvalue weighted by Gasteiger charge is 2.22. The predicted molar refractivity (Wildman–Crippen MR) is 77.8 cm³/mol. The number of anilines is 1. The summed E-state index contributed by atoms with van der Waals surface area (Å²) < 4.78 is 0. The molecule has 2 rings (SSSR count). The van der Waals surface area contributed by atoms with E-state index in [0.29, 0.717) is 25.9 Å². The van der Waals surface area contributed by atoms with Gasteiger partial charge in [-0.25, -0.2) is 0 Å². The Hall–Kier alpha value is -1.75. The molecule has 1 heterocycles. The summed E-state index contributed by atoms with van der Waals surface area (Å²) in [6, 6.07) is 7.26. The highest BCUT2D eigenvalue weighted by molar-refractivity contribution is 5.76. The van der Waals surface area contributed by atoms with Crippen molar-refractivity contribution in [3.63, 3.8) is 0 Å². The lowest BCUT2D eigenvalue weighted by atomic mass is 10.2. The van der Waals surface area contributed by atoms with Gasteiger partial charge in [0.2, 0.25) is 5.91 Å². The van der Waals surface area contributed by atoms with Crippen LogP contribution in [0, 0.1) is 0 Å². The Balaban J connectivity index is 1.86. The minimum Gasteiger partial charge on any atom is -0.506 e. The van der Waals surface area contributed by atoms with Crippen molar-refractivity contribution >= 4 is 11.6 Å². The van der Waals surface area contributed by atoms with E-state index in [1.54, 1.807) is 19.1 Å². The molecule has 0 saturated carbocycles. The Morgan fingerprint density at radius 3 is 2.50 bits per heavy atom. The van der Waals surface area contributed by atoms with Gasteiger partial charge in [0.05, 0.1) is 11.8 Å². The summed E-state index contributed by atoms with van der Waals surface area (Å²) in [6.07, 6.45) is 0.480. The third kappa shape index (κ3) is 3.63. The highest BCUT2D eigenvalue weighted by Crippen LogP contribution is 2.27. The molecule has 0 bridgehead atoms. The molecule has 5 heteroatoms. The average Bonchev–Trinajstić information content (AvgIpc) is 2.45. The minimum absolute atomic E-state index is 0.0998. The van der Waals surface area contributed by atoms with Crippen molar-refractivity contribution in [1.82, 2.24) is 4.90 Å². The number of aliphatic hydroxyl groups is 1. The van der Waals surface area contributed by atoms with E-state index in [1.807, 2.05) is 17.0 Å². The second-order valence-corrected chi connectivity index (χ2v) is 5.24. The van der Waals surface area contributed by atoms with E-state index >= 15 is 0 Å². The molecule has 1 aliphatic heterocycles. The predicted octanol–water partition coefficient (Wildman–Crippen LogP) is 1.20. The maximum atomic E-state index is 12.0. The van der Waals surface area contributed by atoms with Crippen LogP contribution in [-0.4, -0.2) is 53.3 Å². The second kappa shape index (κ2) is 6.61. The average molecular weight is 278 g/mol. The number of phenols is 1. The third-order valence-electron chi connectivity index (χ3n) is 3.63. The molecule has 5 nitrogen and oxygen atoms in total. The molecule has 0 spiro atoms. The van der Waals surface area contributed by atoms with Crippen LogP contribution in [0.4, 0.5) is 5.69 Å². The van der Waals surface area contributed by atoms with Crippen LogP contribution in [0.3, 0.4) is 0 Å². The Bertz CT molecular complexity index is 454. The van der Waals surface area contributed by atoms with Crippen LogP contribution in [0.2, 0.25) is 0 Å². The van der Waals surface area contributed by atoms with Crippen molar-refractivity contribution in [2.45, 2.75) is 25.9 Å². The number of amides is 1. The van der Waals surface area contributed by atoms with Gasteiger partial charge >= 0.3 is 0 Å². The zero-order chi connectivity index (χ0) is 14.5. The maximum absolute atomic E-state index is 12.0. The van der Waals surface area contributed by atoms with Gasteiger partial charge in [-0.05, 0) is 25.5 Å². The minimum atomic E-state index is -0.429. The molecule has 0 radical (unpaired) electrons. The number of rotatable bonds is 4. The fourth-order valence-corrected chi connectivity index (χ4v) is 2.42. The van der Waals surface area contributed by atoms with E-state index in [-0.39, 0.29) is 11.7 Å². The zero-order valence-electron chi connectivity index (χ0n) is 11.8. The highest BCUT2D eigenvalue weighted by atomic mass is 16.3. The fraction of sp³-hybridized carbons (Fsp3) is 0.533. The number of benzene rings is 1. The number of carbonyl (C=O) groups is 1. The van der Waals surface area contributed by atoms with Crippen LogP contribution >= 0.6 is 0 Å². The normalized spacial score (nSPS) is 17.1. The van der Waals surface area contributed by atoms with E-state index in [0.717, 1.165) is 18.8 Å². The fourth-order valence-electron chi connectivity index (χ4n) is 2.42. The molecule has 1 amide bonds. The van der Waals surface area contributed by atoms with Gasteiger partial charge in [0.1, 0.15) is 5.75 Å². The smallest absolute Gasteiger partial charge is 0.222 e. The molecule has 20 heavy (non-hydrogen) atoms. The lowest BCUT2D eigenvalue weighted by Crippen LogP contribution is -2.48. The summed E-state index contributed by atoms with van der Waals surface area (Å²) in [6.45, 7) is 4.46. The topological polar surface area (TPSA) is 64.0 Å². The van der Waals surface area contributed by atoms with Crippen molar-refractivity contribution in [2.24, 2.45) is 0 Å². The van der Waals surface area contributed by atoms with E-state index in [9.17, 15) is 15.0 Å². The Morgan fingerprint density at radius 2 is 1.90 bits per heavy atom. The van der Waals surface area contributed by atoms with Crippen LogP contribution < -0.4 is 4.90 Å². The SMILES string of the molecule is CC(O)CCC(=O)N1CCN(c2ccccc2O)CC1. The first-order valence-corrected chi connectivity index (χ1v) is 7.06. The lowest BCUT2D eigenvalue weighted by molar-refractivity contribution is -0.132. The Morgan fingerprint density at radius 1 is 1.25 bits per heavy atom. The number of nitrogens with zero attached hydrogens (tertiary/aromatic N) is 2. The third-order valence-corrected chi connectivity index (χ3v) is 3.63. The first-order valence-electron chi connectivity index (χ1n) is 7.06. The number of aromatic hydroxyl groups is 1. The van der Waals surface area contributed by atoms with Crippen molar-refractivity contribution in [3.05, 3.63) is 24.3 Å². The molecule has 0 aromatic heterocycles. The molecular formula is C15H22N2O3. The van der Waals surface area contributed by atoms with Gasteiger partial charge in [-0.1, -0.05) is 12.1 Å². The van der Waals surface area contributed by atoms with Crippen LogP contribution in [0.5, 0.6) is 5.75 Å². The molecule has 1 fully saturated rings. The Labute approximate surface area is 119 Å². The second-order valence-electron chi connectivity index (χ2n) is 5.24. The van der Waals surface area contributed by atoms with Gasteiger partial charge in [0.25, 0.3) is 0 Å². The summed E-state index contributed by atoms with van der Waals surface area (Å²) in [5.41, 5.74) is 0.823. The standard InChI is InChI=1S/C15H22N2O3/c1-12(18)6-7-15(20)17-10-8-16(9-11-17)13-4-2-3-5-14(13)19/h2-5,12,18-19H,6-11H2,1H3. The number of aliphatic hydroxyl groups excluding tert-OH is 1. The Kier molecular flexibility index (Phi) is 4.84. The molecular weight excluding hydrogens is 256 g/mol. The van der Waals surface area contributed by atoms with Crippen molar-refractivity contribution in [2.75, 3.05) is 31.1 Å². The van der Waals surface area contributed by atoms with E-state index in [2.05, 4.69) is 4.90 Å². The van der Waals surface area contributed by atoms with Gasteiger partial charge in [-0.15, -0.1) is 0 Å². The van der Waals surface area contributed by atoms with Crippen LogP contribution in [-0.2, 0) is 4.79 Å². The molecule has 0 aliphatic carbocycles. The first-order chi connectivity index (χ1) is 9.58. The van der Waals surface area contributed by atoms with E-state index < -0.39 is 6.10 Å². The van der Waals surface area contributed by atoms with E-state index in [4.69, 9.17) is 0 Å². The monoisotopic (exact) mass is 278 g/mol. The van der Waals surface area contributed by atoms with Gasteiger partial charge in [-0.3, -0.25) is 4.79 Å². The van der Waals surface area contributed by atoms with Gasteiger partial charge in [0, 0.05) is 32.6 Å². The maximum Gasteiger partial charge on any atom is 0.222 e.